The van der Waals surface area contributed by atoms with Gasteiger partial charge in [0.1, 0.15) is 0 Å². The molecule has 0 aromatic heterocycles. The Morgan fingerprint density at radius 2 is 1.58 bits per heavy atom. The molecule has 0 bridgehead atoms. The fourth-order valence-electron chi connectivity index (χ4n) is 4.13. The van der Waals surface area contributed by atoms with Crippen LogP contribution in [0.3, 0.4) is 0 Å². The highest BCUT2D eigenvalue weighted by Crippen LogP contribution is 2.22. The van der Waals surface area contributed by atoms with Crippen LogP contribution in [0.15, 0.2) is 48.5 Å². The first kappa shape index (κ1) is 21.5. The highest BCUT2D eigenvalue weighted by Gasteiger charge is 2.23. The van der Waals surface area contributed by atoms with Crippen molar-refractivity contribution in [2.75, 3.05) is 49.5 Å². The molecule has 7 heteroatoms. The zero-order valence-corrected chi connectivity index (χ0v) is 18.6. The smallest absolute Gasteiger partial charge is 0.321 e. The third-order valence-corrected chi connectivity index (χ3v) is 6.43. The molecule has 1 N–H and O–H groups in total. The molecule has 0 unspecified atom stereocenters. The average molecular weight is 441 g/mol. The van der Waals surface area contributed by atoms with Crippen LogP contribution in [0.4, 0.5) is 16.2 Å². The van der Waals surface area contributed by atoms with Crippen LogP contribution in [0.5, 0.6) is 0 Å². The lowest BCUT2D eigenvalue weighted by Gasteiger charge is -2.36. The van der Waals surface area contributed by atoms with Crippen LogP contribution in [-0.4, -0.2) is 61.0 Å². The summed E-state index contributed by atoms with van der Waals surface area (Å²) in [6.45, 7) is 6.67. The van der Waals surface area contributed by atoms with Crippen LogP contribution < -0.4 is 10.2 Å². The Bertz CT molecular complexity index is 917. The van der Waals surface area contributed by atoms with Gasteiger partial charge in [0.2, 0.25) is 0 Å². The summed E-state index contributed by atoms with van der Waals surface area (Å²) < 4.78 is 0. The first-order valence-corrected chi connectivity index (χ1v) is 11.3. The summed E-state index contributed by atoms with van der Waals surface area (Å²) in [4.78, 5) is 31.3. The number of carbonyl (C=O) groups is 2. The Kier molecular flexibility index (Phi) is 6.66. The molecule has 0 aliphatic carbocycles. The van der Waals surface area contributed by atoms with Crippen molar-refractivity contribution in [3.05, 3.63) is 59.1 Å². The van der Waals surface area contributed by atoms with E-state index in [-0.39, 0.29) is 11.9 Å². The van der Waals surface area contributed by atoms with Crippen LogP contribution in [-0.2, 0) is 0 Å². The molecule has 0 radical (unpaired) electrons. The van der Waals surface area contributed by atoms with Gasteiger partial charge in [0.15, 0.2) is 0 Å². The van der Waals surface area contributed by atoms with Gasteiger partial charge in [-0.25, -0.2) is 4.79 Å². The number of likely N-dealkylation sites (tertiary alicyclic amines) is 1. The number of halogens is 1. The number of benzene rings is 2. The molecule has 2 fully saturated rings. The van der Waals surface area contributed by atoms with Crippen molar-refractivity contribution >= 4 is 34.9 Å². The van der Waals surface area contributed by atoms with Gasteiger partial charge in [-0.15, -0.1) is 0 Å². The van der Waals surface area contributed by atoms with Crippen molar-refractivity contribution in [1.29, 1.82) is 0 Å². The van der Waals surface area contributed by atoms with Gasteiger partial charge in [0.25, 0.3) is 5.91 Å². The van der Waals surface area contributed by atoms with Crippen molar-refractivity contribution in [2.24, 2.45) is 5.92 Å². The molecule has 6 nitrogen and oxygen atoms in total. The molecule has 2 saturated heterocycles. The number of hydrogen-bond acceptors (Lipinski definition) is 3. The Morgan fingerprint density at radius 3 is 2.23 bits per heavy atom. The first-order valence-electron chi connectivity index (χ1n) is 11.0. The summed E-state index contributed by atoms with van der Waals surface area (Å²) >= 11 is 6.09. The van der Waals surface area contributed by atoms with Crippen molar-refractivity contribution in [3.8, 4) is 0 Å². The van der Waals surface area contributed by atoms with Crippen molar-refractivity contribution in [1.82, 2.24) is 9.80 Å². The number of nitrogens with one attached hydrogen (secondary N) is 1. The predicted molar refractivity (Wildman–Crippen MR) is 125 cm³/mol. The molecule has 0 saturated carbocycles. The molecule has 4 rings (SSSR count). The number of piperazine rings is 1. The number of hydrogen-bond donors (Lipinski definition) is 1. The minimum atomic E-state index is -0.116. The average Bonchev–Trinajstić information content (AvgIpc) is 2.80. The van der Waals surface area contributed by atoms with E-state index in [1.807, 2.05) is 34.1 Å². The van der Waals surface area contributed by atoms with Crippen molar-refractivity contribution in [3.63, 3.8) is 0 Å². The van der Waals surface area contributed by atoms with E-state index in [4.69, 9.17) is 11.6 Å². The lowest BCUT2D eigenvalue weighted by atomic mass is 9.98. The zero-order valence-electron chi connectivity index (χ0n) is 17.9. The summed E-state index contributed by atoms with van der Waals surface area (Å²) in [5.41, 5.74) is 2.45. The molecule has 164 valence electrons. The number of amides is 3. The normalized spacial score (nSPS) is 17.5. The van der Waals surface area contributed by atoms with Gasteiger partial charge in [-0.3, -0.25) is 4.79 Å². The summed E-state index contributed by atoms with van der Waals surface area (Å²) in [7, 11) is 0. The van der Waals surface area contributed by atoms with E-state index in [1.165, 1.54) is 0 Å². The minimum absolute atomic E-state index is 0.0712. The van der Waals surface area contributed by atoms with Crippen LogP contribution in [0.2, 0.25) is 5.02 Å². The second-order valence-electron chi connectivity index (χ2n) is 8.44. The quantitative estimate of drug-likeness (QED) is 0.760. The predicted octanol–water partition coefficient (Wildman–Crippen LogP) is 4.57. The largest absolute Gasteiger partial charge is 0.368 e. The summed E-state index contributed by atoms with van der Waals surface area (Å²) in [5.74, 6) is 0.760. The molecule has 3 amide bonds. The maximum Gasteiger partial charge on any atom is 0.321 e. The molecule has 2 aliphatic heterocycles. The number of rotatable bonds is 3. The number of piperidine rings is 1. The molecule has 2 aliphatic rings. The number of urea groups is 1. The maximum atomic E-state index is 12.7. The third-order valence-electron chi connectivity index (χ3n) is 6.19. The third kappa shape index (κ3) is 5.31. The Balaban J connectivity index is 1.28. The van der Waals surface area contributed by atoms with E-state index < -0.39 is 0 Å². The highest BCUT2D eigenvalue weighted by molar-refractivity contribution is 6.30. The van der Waals surface area contributed by atoms with E-state index in [0.717, 1.165) is 49.7 Å². The van der Waals surface area contributed by atoms with Crippen LogP contribution >= 0.6 is 11.6 Å². The zero-order chi connectivity index (χ0) is 21.8. The highest BCUT2D eigenvalue weighted by atomic mass is 35.5. The minimum Gasteiger partial charge on any atom is -0.368 e. The Hall–Kier alpha value is -2.73. The second-order valence-corrected chi connectivity index (χ2v) is 8.87. The number of nitrogens with zero attached hydrogens (tertiary/aromatic N) is 3. The fraction of sp³-hybridized carbons (Fsp3) is 0.417. The van der Waals surface area contributed by atoms with Crippen LogP contribution in [0.1, 0.15) is 30.1 Å². The van der Waals surface area contributed by atoms with Gasteiger partial charge in [-0.05, 0) is 61.2 Å². The first-order chi connectivity index (χ1) is 15.0. The molecule has 2 aromatic rings. The number of carbonyl (C=O) groups excluding carboxylic acids is 2. The Morgan fingerprint density at radius 1 is 0.903 bits per heavy atom. The summed E-state index contributed by atoms with van der Waals surface area (Å²) in [6.07, 6.45) is 2.12. The molecule has 0 spiro atoms. The molecular weight excluding hydrogens is 412 g/mol. The van der Waals surface area contributed by atoms with Gasteiger partial charge >= 0.3 is 6.03 Å². The lowest BCUT2D eigenvalue weighted by molar-refractivity contribution is 0.0697. The van der Waals surface area contributed by atoms with Crippen molar-refractivity contribution in [2.45, 2.75) is 19.8 Å². The molecule has 2 heterocycles. The van der Waals surface area contributed by atoms with Crippen LogP contribution in [0, 0.1) is 5.92 Å². The van der Waals surface area contributed by atoms with Gasteiger partial charge in [0.05, 0.1) is 0 Å². The fourth-order valence-corrected chi connectivity index (χ4v) is 4.32. The standard InChI is InChI=1S/C24H29ClN4O2/c1-18-9-11-28(12-10-18)23(30)19-5-7-21(8-6-19)26-24(31)29-15-13-27(14-16-29)22-4-2-3-20(25)17-22/h2-8,17-18H,9-16H2,1H3,(H,26,31). The van der Waals surface area contributed by atoms with E-state index in [0.29, 0.717) is 30.3 Å². The maximum absolute atomic E-state index is 12.7. The second kappa shape index (κ2) is 9.60. The van der Waals surface area contributed by atoms with E-state index in [9.17, 15) is 9.59 Å². The lowest BCUT2D eigenvalue weighted by Crippen LogP contribution is -2.50. The summed E-state index contributed by atoms with van der Waals surface area (Å²) in [5, 5.41) is 3.67. The van der Waals surface area contributed by atoms with Gasteiger partial charge < -0.3 is 20.0 Å². The number of anilines is 2. The molecule has 2 aromatic carbocycles. The van der Waals surface area contributed by atoms with E-state index in [2.05, 4.69) is 17.1 Å². The van der Waals surface area contributed by atoms with E-state index >= 15 is 0 Å². The topological polar surface area (TPSA) is 55.9 Å². The van der Waals surface area contributed by atoms with Gasteiger partial charge in [-0.1, -0.05) is 24.6 Å². The SMILES string of the molecule is CC1CCN(C(=O)c2ccc(NC(=O)N3CCN(c4cccc(Cl)c4)CC3)cc2)CC1. The Labute approximate surface area is 188 Å². The summed E-state index contributed by atoms with van der Waals surface area (Å²) in [6, 6.07) is 14.9. The van der Waals surface area contributed by atoms with Crippen molar-refractivity contribution < 1.29 is 9.59 Å². The monoisotopic (exact) mass is 440 g/mol. The van der Waals surface area contributed by atoms with E-state index in [1.54, 1.807) is 24.3 Å². The molecule has 0 atom stereocenters. The van der Waals surface area contributed by atoms with Gasteiger partial charge in [-0.2, -0.15) is 0 Å². The molecular formula is C24H29ClN4O2. The van der Waals surface area contributed by atoms with Crippen LogP contribution in [0.25, 0.3) is 0 Å². The molecule has 31 heavy (non-hydrogen) atoms. The van der Waals surface area contributed by atoms with Gasteiger partial charge in [0, 0.05) is 61.2 Å².